The lowest BCUT2D eigenvalue weighted by Gasteiger charge is -2.19. The van der Waals surface area contributed by atoms with Crippen LogP contribution in [0.3, 0.4) is 0 Å². The van der Waals surface area contributed by atoms with Crippen molar-refractivity contribution < 1.29 is 0 Å². The Kier molecular flexibility index (Phi) is 2.91. The van der Waals surface area contributed by atoms with Crippen LogP contribution in [0.15, 0.2) is 5.38 Å². The smallest absolute Gasteiger partial charge is 0.165 e. The van der Waals surface area contributed by atoms with E-state index in [9.17, 15) is 0 Å². The summed E-state index contributed by atoms with van der Waals surface area (Å²) >= 11 is 1.72. The van der Waals surface area contributed by atoms with E-state index in [0.717, 1.165) is 12.1 Å². The quantitative estimate of drug-likeness (QED) is 0.665. The summed E-state index contributed by atoms with van der Waals surface area (Å²) < 4.78 is 0. The van der Waals surface area contributed by atoms with Crippen molar-refractivity contribution >= 4 is 24.8 Å². The molecule has 0 amide bonds. The van der Waals surface area contributed by atoms with Gasteiger partial charge in [-0.2, -0.15) is 0 Å². The van der Waals surface area contributed by atoms with Crippen molar-refractivity contribution in [3.63, 3.8) is 0 Å². The first kappa shape index (κ1) is 9.74. The molecule has 0 spiro atoms. The SMILES string of the molecule is Bc1csc(CNC(C)(C)C)n1. The molecule has 0 saturated heterocycles. The van der Waals surface area contributed by atoms with Gasteiger partial charge in [0, 0.05) is 23.1 Å². The Bertz CT molecular complexity index is 252. The van der Waals surface area contributed by atoms with Crippen LogP contribution in [-0.4, -0.2) is 18.4 Å². The maximum atomic E-state index is 4.37. The molecule has 0 radical (unpaired) electrons. The molecule has 1 aromatic rings. The Hall–Kier alpha value is -0.345. The molecule has 0 aliphatic heterocycles. The van der Waals surface area contributed by atoms with Crippen LogP contribution in [0.4, 0.5) is 0 Å². The van der Waals surface area contributed by atoms with E-state index in [0.29, 0.717) is 0 Å². The van der Waals surface area contributed by atoms with Crippen LogP contribution in [0, 0.1) is 0 Å². The van der Waals surface area contributed by atoms with E-state index < -0.39 is 0 Å². The van der Waals surface area contributed by atoms with Gasteiger partial charge in [0.1, 0.15) is 5.01 Å². The van der Waals surface area contributed by atoms with Crippen molar-refractivity contribution in [2.75, 3.05) is 0 Å². The van der Waals surface area contributed by atoms with Crippen LogP contribution in [0.2, 0.25) is 0 Å². The van der Waals surface area contributed by atoms with Crippen LogP contribution < -0.4 is 10.9 Å². The van der Waals surface area contributed by atoms with E-state index in [1.807, 2.05) is 7.85 Å². The molecule has 0 bridgehead atoms. The summed E-state index contributed by atoms with van der Waals surface area (Å²) in [5, 5.41) is 6.65. The predicted molar refractivity (Wildman–Crippen MR) is 56.9 cm³/mol. The van der Waals surface area contributed by atoms with Crippen molar-refractivity contribution in [3.8, 4) is 0 Å². The first-order chi connectivity index (χ1) is 5.47. The molecule has 1 aromatic heterocycles. The van der Waals surface area contributed by atoms with Crippen LogP contribution in [0.1, 0.15) is 25.8 Å². The van der Waals surface area contributed by atoms with Crippen molar-refractivity contribution in [2.24, 2.45) is 0 Å². The Morgan fingerprint density at radius 3 is 2.67 bits per heavy atom. The molecule has 0 atom stereocenters. The lowest BCUT2D eigenvalue weighted by atomic mass is 10.1. The fourth-order valence-corrected chi connectivity index (χ4v) is 1.54. The second-order valence-electron chi connectivity index (χ2n) is 3.99. The van der Waals surface area contributed by atoms with Gasteiger partial charge in [0.25, 0.3) is 0 Å². The van der Waals surface area contributed by atoms with E-state index >= 15 is 0 Å². The van der Waals surface area contributed by atoms with E-state index in [-0.39, 0.29) is 5.54 Å². The number of hydrogen-bond acceptors (Lipinski definition) is 3. The minimum absolute atomic E-state index is 0.180. The summed E-state index contributed by atoms with van der Waals surface area (Å²) in [4.78, 5) is 4.37. The van der Waals surface area contributed by atoms with Crippen molar-refractivity contribution in [1.82, 2.24) is 10.3 Å². The molecule has 0 unspecified atom stereocenters. The molecule has 1 N–H and O–H groups in total. The van der Waals surface area contributed by atoms with Gasteiger partial charge in [0.2, 0.25) is 0 Å². The fourth-order valence-electron chi connectivity index (χ4n) is 0.825. The minimum atomic E-state index is 0.180. The molecule has 0 fully saturated rings. The van der Waals surface area contributed by atoms with Crippen LogP contribution in [0.25, 0.3) is 0 Å². The second-order valence-corrected chi connectivity index (χ2v) is 4.93. The molecule has 4 heteroatoms. The normalized spacial score (nSPS) is 11.9. The Balaban J connectivity index is 2.44. The van der Waals surface area contributed by atoms with E-state index in [1.165, 1.54) is 5.01 Å². The molecule has 66 valence electrons. The predicted octanol–water partition coefficient (Wildman–Crippen LogP) is 0.290. The highest BCUT2D eigenvalue weighted by atomic mass is 32.1. The summed E-state index contributed by atoms with van der Waals surface area (Å²) in [6.45, 7) is 7.36. The second kappa shape index (κ2) is 3.58. The van der Waals surface area contributed by atoms with Gasteiger partial charge < -0.3 is 5.32 Å². The molecule has 0 aliphatic carbocycles. The highest BCUT2D eigenvalue weighted by molar-refractivity contribution is 7.10. The van der Waals surface area contributed by atoms with Crippen LogP contribution in [-0.2, 0) is 6.54 Å². The zero-order valence-corrected chi connectivity index (χ0v) is 8.96. The minimum Gasteiger partial charge on any atom is -0.306 e. The standard InChI is InChI=1S/C8H15BN2S/c1-8(2,3)10-4-7-11-6(9)5-12-7/h5,10H,4,9H2,1-3H3. The fraction of sp³-hybridized carbons (Fsp3) is 0.625. The molecule has 0 aromatic carbocycles. The lowest BCUT2D eigenvalue weighted by molar-refractivity contribution is 0.424. The van der Waals surface area contributed by atoms with Crippen molar-refractivity contribution in [2.45, 2.75) is 32.9 Å². The Morgan fingerprint density at radius 1 is 1.58 bits per heavy atom. The molecule has 0 saturated carbocycles. The first-order valence-corrected chi connectivity index (χ1v) is 5.01. The molecular weight excluding hydrogens is 167 g/mol. The third kappa shape index (κ3) is 3.37. The summed E-state index contributed by atoms with van der Waals surface area (Å²) in [5.41, 5.74) is 1.30. The van der Waals surface area contributed by atoms with E-state index in [4.69, 9.17) is 0 Å². The van der Waals surface area contributed by atoms with Gasteiger partial charge in [-0.15, -0.1) is 11.3 Å². The van der Waals surface area contributed by atoms with Crippen LogP contribution >= 0.6 is 11.3 Å². The lowest BCUT2D eigenvalue weighted by Crippen LogP contribution is -2.35. The maximum Gasteiger partial charge on any atom is 0.165 e. The monoisotopic (exact) mass is 182 g/mol. The van der Waals surface area contributed by atoms with Gasteiger partial charge in [-0.05, 0) is 20.8 Å². The van der Waals surface area contributed by atoms with E-state index in [1.54, 1.807) is 11.3 Å². The molecule has 2 nitrogen and oxygen atoms in total. The molecule has 0 aliphatic rings. The van der Waals surface area contributed by atoms with Crippen molar-refractivity contribution in [3.05, 3.63) is 10.4 Å². The summed E-state index contributed by atoms with van der Waals surface area (Å²) in [7, 11) is 2.02. The van der Waals surface area contributed by atoms with Crippen LogP contribution in [0.5, 0.6) is 0 Å². The summed E-state index contributed by atoms with van der Waals surface area (Å²) in [6.07, 6.45) is 0. The Morgan fingerprint density at radius 2 is 2.25 bits per heavy atom. The zero-order chi connectivity index (χ0) is 9.19. The third-order valence-corrected chi connectivity index (χ3v) is 2.40. The van der Waals surface area contributed by atoms with E-state index in [2.05, 4.69) is 36.5 Å². The maximum absolute atomic E-state index is 4.37. The largest absolute Gasteiger partial charge is 0.306 e. The average Bonchev–Trinajstić information content (AvgIpc) is 2.30. The highest BCUT2D eigenvalue weighted by Crippen LogP contribution is 2.05. The average molecular weight is 182 g/mol. The number of rotatable bonds is 2. The topological polar surface area (TPSA) is 24.9 Å². The molecular formula is C8H15BN2S. The van der Waals surface area contributed by atoms with Crippen molar-refractivity contribution in [1.29, 1.82) is 0 Å². The van der Waals surface area contributed by atoms with Gasteiger partial charge in [0.05, 0.1) is 0 Å². The number of aromatic nitrogens is 1. The summed E-state index contributed by atoms with van der Waals surface area (Å²) in [5.74, 6) is 0. The first-order valence-electron chi connectivity index (χ1n) is 4.13. The highest BCUT2D eigenvalue weighted by Gasteiger charge is 2.09. The molecule has 1 heterocycles. The van der Waals surface area contributed by atoms with Gasteiger partial charge in [0.15, 0.2) is 7.85 Å². The number of hydrogen-bond donors (Lipinski definition) is 1. The number of thiazole rings is 1. The van der Waals surface area contributed by atoms with Gasteiger partial charge >= 0.3 is 0 Å². The Labute approximate surface area is 78.8 Å². The van der Waals surface area contributed by atoms with Gasteiger partial charge in [-0.1, -0.05) is 0 Å². The zero-order valence-electron chi connectivity index (χ0n) is 8.14. The number of nitrogens with one attached hydrogen (secondary N) is 1. The number of nitrogens with zero attached hydrogens (tertiary/aromatic N) is 1. The summed E-state index contributed by atoms with van der Waals surface area (Å²) in [6, 6.07) is 0. The molecule has 1 rings (SSSR count). The van der Waals surface area contributed by atoms with Gasteiger partial charge in [-0.25, -0.2) is 0 Å². The molecule has 12 heavy (non-hydrogen) atoms. The third-order valence-electron chi connectivity index (χ3n) is 1.44. The van der Waals surface area contributed by atoms with Gasteiger partial charge in [-0.3, -0.25) is 4.98 Å².